The molecule has 1 aliphatic carbocycles. The Labute approximate surface area is 180 Å². The molecule has 0 radical (unpaired) electrons. The van der Waals surface area contributed by atoms with Gasteiger partial charge in [-0.2, -0.15) is 5.10 Å². The van der Waals surface area contributed by atoms with Crippen LogP contribution >= 0.6 is 15.9 Å². The first kappa shape index (κ1) is 19.5. The van der Waals surface area contributed by atoms with Gasteiger partial charge in [-0.3, -0.25) is 18.4 Å². The van der Waals surface area contributed by atoms with Crippen molar-refractivity contribution in [3.05, 3.63) is 57.4 Å². The van der Waals surface area contributed by atoms with Crippen LogP contribution in [0.25, 0.3) is 16.6 Å². The van der Waals surface area contributed by atoms with Crippen molar-refractivity contribution in [1.29, 1.82) is 0 Å². The second-order valence-electron chi connectivity index (χ2n) is 8.00. The van der Waals surface area contributed by atoms with Gasteiger partial charge < -0.3 is 0 Å². The smallest absolute Gasteiger partial charge is 0.261 e. The summed E-state index contributed by atoms with van der Waals surface area (Å²) in [4.78, 5) is 17.7. The zero-order chi connectivity index (χ0) is 21.3. The van der Waals surface area contributed by atoms with Crippen molar-refractivity contribution in [1.82, 2.24) is 28.5 Å². The van der Waals surface area contributed by atoms with Gasteiger partial charge in [0, 0.05) is 28.8 Å². The van der Waals surface area contributed by atoms with Crippen LogP contribution in [-0.4, -0.2) is 37.7 Å². The lowest BCUT2D eigenvalue weighted by molar-refractivity contribution is 0.558. The topological polar surface area (TPSA) is 103 Å². The van der Waals surface area contributed by atoms with Crippen molar-refractivity contribution in [3.8, 4) is 0 Å². The van der Waals surface area contributed by atoms with Gasteiger partial charge in [0.25, 0.3) is 5.56 Å². The Kier molecular flexibility index (Phi) is 4.21. The Morgan fingerprint density at radius 2 is 2.03 bits per heavy atom. The van der Waals surface area contributed by atoms with E-state index in [-0.39, 0.29) is 10.5 Å². The number of rotatable bonds is 5. The normalized spacial score (nSPS) is 15.8. The maximum Gasteiger partial charge on any atom is 0.261 e. The molecule has 9 nitrogen and oxygen atoms in total. The Morgan fingerprint density at radius 3 is 2.70 bits per heavy atom. The molecule has 1 aliphatic rings. The fourth-order valence-electron chi connectivity index (χ4n) is 3.61. The first-order valence-corrected chi connectivity index (χ1v) is 11.6. The van der Waals surface area contributed by atoms with Gasteiger partial charge in [0.2, 0.25) is 10.0 Å². The summed E-state index contributed by atoms with van der Waals surface area (Å²) in [6.07, 6.45) is 8.35. The zero-order valence-electron chi connectivity index (χ0n) is 16.3. The van der Waals surface area contributed by atoms with Crippen molar-refractivity contribution >= 4 is 42.5 Å². The summed E-state index contributed by atoms with van der Waals surface area (Å²) in [5.74, 6) is 0. The van der Waals surface area contributed by atoms with Crippen LogP contribution in [0.1, 0.15) is 25.3 Å². The number of hydrogen-bond acceptors (Lipinski definition) is 5. The third kappa shape index (κ3) is 3.17. The van der Waals surface area contributed by atoms with Crippen molar-refractivity contribution in [2.75, 3.05) is 0 Å². The minimum Gasteiger partial charge on any atom is -0.288 e. The summed E-state index contributed by atoms with van der Waals surface area (Å²) in [6, 6.07) is 2.97. The molecular weight excluding hydrogens is 472 g/mol. The summed E-state index contributed by atoms with van der Waals surface area (Å²) >= 11 is 3.47. The molecule has 0 aliphatic heterocycles. The lowest BCUT2D eigenvalue weighted by Gasteiger charge is -2.15. The number of aromatic nitrogens is 5. The van der Waals surface area contributed by atoms with Crippen molar-refractivity contribution < 1.29 is 8.42 Å². The van der Waals surface area contributed by atoms with Gasteiger partial charge in [-0.25, -0.2) is 18.1 Å². The highest BCUT2D eigenvalue weighted by Crippen LogP contribution is 2.36. The van der Waals surface area contributed by atoms with Gasteiger partial charge in [-0.15, -0.1) is 0 Å². The van der Waals surface area contributed by atoms with E-state index in [0.717, 1.165) is 18.4 Å². The summed E-state index contributed by atoms with van der Waals surface area (Å²) < 4.78 is 34.1. The predicted octanol–water partition coefficient (Wildman–Crippen LogP) is 2.02. The van der Waals surface area contributed by atoms with E-state index < -0.39 is 15.6 Å². The molecule has 5 rings (SSSR count). The number of nitrogens with zero attached hydrogens (tertiary/aromatic N) is 5. The zero-order valence-corrected chi connectivity index (χ0v) is 18.7. The van der Waals surface area contributed by atoms with Crippen LogP contribution in [-0.2, 0) is 23.6 Å². The first-order valence-electron chi connectivity index (χ1n) is 9.36. The summed E-state index contributed by atoms with van der Waals surface area (Å²) in [6.45, 7) is 2.17. The number of nitrogens with one attached hydrogen (secondary N) is 1. The average molecular weight is 491 g/mol. The van der Waals surface area contributed by atoms with Gasteiger partial charge in [0.05, 0.1) is 34.7 Å². The predicted molar refractivity (Wildman–Crippen MR) is 115 cm³/mol. The van der Waals surface area contributed by atoms with Crippen molar-refractivity contribution in [2.45, 2.75) is 36.7 Å². The molecule has 1 fully saturated rings. The van der Waals surface area contributed by atoms with E-state index >= 15 is 0 Å². The van der Waals surface area contributed by atoms with Crippen LogP contribution in [0.5, 0.6) is 0 Å². The average Bonchev–Trinajstić information content (AvgIpc) is 3.06. The van der Waals surface area contributed by atoms with Gasteiger partial charge in [0.15, 0.2) is 0 Å². The molecule has 3 aromatic heterocycles. The van der Waals surface area contributed by atoms with Gasteiger partial charge in [-0.1, -0.05) is 0 Å². The molecule has 0 bridgehead atoms. The third-order valence-corrected chi connectivity index (χ3v) is 7.66. The number of benzene rings is 1. The van der Waals surface area contributed by atoms with Crippen LogP contribution < -0.4 is 10.3 Å². The van der Waals surface area contributed by atoms with Crippen LogP contribution in [0, 0.1) is 0 Å². The highest BCUT2D eigenvalue weighted by molar-refractivity contribution is 9.10. The van der Waals surface area contributed by atoms with Crippen LogP contribution in [0.3, 0.4) is 0 Å². The maximum atomic E-state index is 13.4. The third-order valence-electron chi connectivity index (χ3n) is 5.44. The minimum absolute atomic E-state index is 0.0551. The molecule has 0 saturated heterocycles. The second kappa shape index (κ2) is 6.50. The molecule has 30 heavy (non-hydrogen) atoms. The fourth-order valence-corrected chi connectivity index (χ4v) is 5.93. The van der Waals surface area contributed by atoms with E-state index in [1.807, 2.05) is 20.2 Å². The molecule has 0 unspecified atom stereocenters. The van der Waals surface area contributed by atoms with E-state index in [0.29, 0.717) is 27.6 Å². The number of halogens is 1. The Balaban J connectivity index is 1.74. The van der Waals surface area contributed by atoms with Gasteiger partial charge in [-0.05, 0) is 47.8 Å². The molecule has 0 amide bonds. The van der Waals surface area contributed by atoms with E-state index in [9.17, 15) is 13.2 Å². The minimum atomic E-state index is -3.76. The Bertz CT molecular complexity index is 1480. The van der Waals surface area contributed by atoms with Crippen LogP contribution in [0.4, 0.5) is 0 Å². The quantitative estimate of drug-likeness (QED) is 0.460. The molecule has 1 N–H and O–H groups in total. The SMILES string of the molecule is Cn1cc(Cn2c(=O)c3cc(S(=O)(=O)NC4(C)CC4)cc(Br)c3n3cncc23)cn1. The molecule has 1 saturated carbocycles. The number of imidazole rings is 1. The summed E-state index contributed by atoms with van der Waals surface area (Å²) in [7, 11) is -1.95. The summed E-state index contributed by atoms with van der Waals surface area (Å²) in [5.41, 5.74) is 1.34. The highest BCUT2D eigenvalue weighted by atomic mass is 79.9. The number of fused-ring (bicyclic) bond motifs is 3. The summed E-state index contributed by atoms with van der Waals surface area (Å²) in [5, 5.41) is 4.45. The molecule has 11 heteroatoms. The maximum absolute atomic E-state index is 13.4. The molecule has 0 spiro atoms. The molecule has 0 atom stereocenters. The van der Waals surface area contributed by atoms with Crippen molar-refractivity contribution in [3.63, 3.8) is 0 Å². The standard InChI is InChI=1S/C19H19BrN6O3S/c1-19(3-4-19)23-30(28,29)13-5-14-17(15(20)6-13)26-11-21-8-16(26)25(18(14)27)10-12-7-22-24(2)9-12/h5-9,11,23H,3-4,10H2,1-2H3. The molecule has 4 aromatic rings. The van der Waals surface area contributed by atoms with Crippen molar-refractivity contribution in [2.24, 2.45) is 7.05 Å². The monoisotopic (exact) mass is 490 g/mol. The second-order valence-corrected chi connectivity index (χ2v) is 10.5. The van der Waals surface area contributed by atoms with Gasteiger partial charge >= 0.3 is 0 Å². The molecule has 1 aromatic carbocycles. The Morgan fingerprint density at radius 1 is 1.27 bits per heavy atom. The number of aryl methyl sites for hydroxylation is 1. The molecule has 156 valence electrons. The number of sulfonamides is 1. The molecular formula is C19H19BrN6O3S. The van der Waals surface area contributed by atoms with Crippen LogP contribution in [0.2, 0.25) is 0 Å². The van der Waals surface area contributed by atoms with E-state index in [1.165, 1.54) is 12.1 Å². The van der Waals surface area contributed by atoms with Crippen LogP contribution in [0.15, 0.2) is 51.2 Å². The highest BCUT2D eigenvalue weighted by Gasteiger charge is 2.41. The Hall–Kier alpha value is -2.50. The van der Waals surface area contributed by atoms with Gasteiger partial charge in [0.1, 0.15) is 12.0 Å². The van der Waals surface area contributed by atoms with E-state index in [2.05, 4.69) is 30.7 Å². The first-order chi connectivity index (χ1) is 14.2. The van der Waals surface area contributed by atoms with E-state index in [4.69, 9.17) is 0 Å². The fraction of sp³-hybridized carbons (Fsp3) is 0.316. The lowest BCUT2D eigenvalue weighted by Crippen LogP contribution is -2.34. The lowest BCUT2D eigenvalue weighted by atomic mass is 10.2. The number of hydrogen-bond donors (Lipinski definition) is 1. The van der Waals surface area contributed by atoms with E-state index in [1.54, 1.807) is 32.4 Å². The molecule has 3 heterocycles. The largest absolute Gasteiger partial charge is 0.288 e.